The van der Waals surface area contributed by atoms with Gasteiger partial charge in [0.1, 0.15) is 6.04 Å². The second-order valence-electron chi connectivity index (χ2n) is 3.73. The Labute approximate surface area is 99.7 Å². The maximum absolute atomic E-state index is 11.4. The second kappa shape index (κ2) is 7.61. The Kier molecular flexibility index (Phi) is 6.88. The number of rotatable bonds is 7. The molecule has 0 unspecified atom stereocenters. The van der Waals surface area contributed by atoms with Crippen molar-refractivity contribution in [2.45, 2.75) is 38.8 Å². The Morgan fingerprint density at radius 3 is 2.35 bits per heavy atom. The van der Waals surface area contributed by atoms with Crippen LogP contribution in [0.15, 0.2) is 0 Å². The predicted octanol–water partition coefficient (Wildman–Crippen LogP) is -1.18. The van der Waals surface area contributed by atoms with E-state index in [0.29, 0.717) is 6.54 Å². The summed E-state index contributed by atoms with van der Waals surface area (Å²) in [4.78, 5) is 33.1. The molecule has 17 heavy (non-hydrogen) atoms. The molecule has 0 aromatic heterocycles. The van der Waals surface area contributed by atoms with Gasteiger partial charge >= 0.3 is 5.97 Å². The molecule has 0 aromatic rings. The molecule has 0 aromatic carbocycles. The van der Waals surface area contributed by atoms with Crippen LogP contribution < -0.4 is 16.4 Å². The van der Waals surface area contributed by atoms with Gasteiger partial charge in [-0.2, -0.15) is 0 Å². The Bertz CT molecular complexity index is 293. The monoisotopic (exact) mass is 245 g/mol. The van der Waals surface area contributed by atoms with Crippen LogP contribution in [0.25, 0.3) is 0 Å². The summed E-state index contributed by atoms with van der Waals surface area (Å²) in [7, 11) is 0. The average molecular weight is 245 g/mol. The Hall–Kier alpha value is -1.63. The van der Waals surface area contributed by atoms with Gasteiger partial charge in [0.05, 0.1) is 12.5 Å². The number of carbonyl (C=O) groups is 3. The Balaban J connectivity index is 4.10. The number of hydrogen-bond donors (Lipinski definition) is 4. The molecular formula is C10H19N3O4. The highest BCUT2D eigenvalue weighted by molar-refractivity contribution is 5.91. The van der Waals surface area contributed by atoms with Crippen molar-refractivity contribution in [2.75, 3.05) is 6.54 Å². The second-order valence-corrected chi connectivity index (χ2v) is 3.73. The lowest BCUT2D eigenvalue weighted by Crippen LogP contribution is -2.50. The zero-order valence-electron chi connectivity index (χ0n) is 10.0. The van der Waals surface area contributed by atoms with E-state index < -0.39 is 30.4 Å². The van der Waals surface area contributed by atoms with Crippen molar-refractivity contribution in [3.63, 3.8) is 0 Å². The van der Waals surface area contributed by atoms with Crippen LogP contribution in [-0.2, 0) is 14.4 Å². The smallest absolute Gasteiger partial charge is 0.305 e. The molecule has 0 saturated carbocycles. The molecule has 0 aliphatic carbocycles. The molecule has 0 aliphatic heterocycles. The van der Waals surface area contributed by atoms with Crippen LogP contribution in [0.3, 0.4) is 0 Å². The molecule has 0 saturated heterocycles. The van der Waals surface area contributed by atoms with Gasteiger partial charge in [0.25, 0.3) is 0 Å². The third kappa shape index (κ3) is 6.52. The number of amides is 2. The molecule has 5 N–H and O–H groups in total. The maximum Gasteiger partial charge on any atom is 0.305 e. The van der Waals surface area contributed by atoms with Gasteiger partial charge in [-0.3, -0.25) is 14.4 Å². The van der Waals surface area contributed by atoms with Gasteiger partial charge in [-0.1, -0.05) is 6.92 Å². The van der Waals surface area contributed by atoms with Crippen molar-refractivity contribution >= 4 is 17.8 Å². The zero-order chi connectivity index (χ0) is 13.4. The first-order valence-electron chi connectivity index (χ1n) is 5.44. The molecule has 0 spiro atoms. The minimum atomic E-state index is -1.16. The highest BCUT2D eigenvalue weighted by Crippen LogP contribution is 1.91. The van der Waals surface area contributed by atoms with Crippen molar-refractivity contribution in [2.24, 2.45) is 5.73 Å². The lowest BCUT2D eigenvalue weighted by molar-refractivity contribution is -0.139. The van der Waals surface area contributed by atoms with Gasteiger partial charge in [-0.15, -0.1) is 0 Å². The standard InChI is InChI=1S/C10H19N3O4/c1-3-4-12-9(16)6(2)13-10(17)7(11)5-8(14)15/h6-7H,3-5,11H2,1-2H3,(H,12,16)(H,13,17)(H,14,15)/t6-,7+/m1/s1. The number of carbonyl (C=O) groups excluding carboxylic acids is 2. The first-order chi connectivity index (χ1) is 7.88. The quantitative estimate of drug-likeness (QED) is 0.450. The van der Waals surface area contributed by atoms with Crippen LogP contribution in [0.1, 0.15) is 26.7 Å². The van der Waals surface area contributed by atoms with E-state index >= 15 is 0 Å². The summed E-state index contributed by atoms with van der Waals surface area (Å²) in [6.07, 6.45) is 0.333. The van der Waals surface area contributed by atoms with E-state index in [9.17, 15) is 14.4 Å². The summed E-state index contributed by atoms with van der Waals surface area (Å²) in [6, 6.07) is -1.87. The van der Waals surface area contributed by atoms with E-state index in [2.05, 4.69) is 10.6 Å². The molecular weight excluding hydrogens is 226 g/mol. The number of hydrogen-bond acceptors (Lipinski definition) is 4. The molecule has 0 aliphatic rings. The van der Waals surface area contributed by atoms with Crippen molar-refractivity contribution in [1.82, 2.24) is 10.6 Å². The summed E-state index contributed by atoms with van der Waals surface area (Å²) in [5.74, 6) is -2.12. The van der Waals surface area contributed by atoms with Crippen molar-refractivity contribution in [1.29, 1.82) is 0 Å². The van der Waals surface area contributed by atoms with Gasteiger partial charge < -0.3 is 21.5 Å². The lowest BCUT2D eigenvalue weighted by Gasteiger charge is -2.16. The number of carboxylic acid groups (broad SMARTS) is 1. The zero-order valence-corrected chi connectivity index (χ0v) is 10.0. The maximum atomic E-state index is 11.4. The fraction of sp³-hybridized carbons (Fsp3) is 0.700. The molecule has 2 amide bonds. The summed E-state index contributed by atoms with van der Waals surface area (Å²) in [6.45, 7) is 3.95. The van der Waals surface area contributed by atoms with Crippen molar-refractivity contribution in [3.05, 3.63) is 0 Å². The minimum absolute atomic E-state index is 0.317. The normalized spacial score (nSPS) is 13.6. The molecule has 0 fully saturated rings. The van der Waals surface area contributed by atoms with E-state index in [0.717, 1.165) is 6.42 Å². The highest BCUT2D eigenvalue weighted by atomic mass is 16.4. The first-order valence-corrected chi connectivity index (χ1v) is 5.44. The third-order valence-electron chi connectivity index (χ3n) is 2.03. The number of carboxylic acids is 1. The van der Waals surface area contributed by atoms with Crippen LogP contribution in [-0.4, -0.2) is 41.5 Å². The first kappa shape index (κ1) is 15.4. The fourth-order valence-electron chi connectivity index (χ4n) is 1.07. The molecule has 7 heteroatoms. The SMILES string of the molecule is CCCNC(=O)[C@@H](C)NC(=O)[C@@H](N)CC(=O)O. The van der Waals surface area contributed by atoms with Gasteiger partial charge in [-0.25, -0.2) is 0 Å². The Morgan fingerprint density at radius 2 is 1.88 bits per heavy atom. The predicted molar refractivity (Wildman–Crippen MR) is 61.1 cm³/mol. The molecule has 0 rings (SSSR count). The highest BCUT2D eigenvalue weighted by Gasteiger charge is 2.21. The van der Waals surface area contributed by atoms with Gasteiger partial charge in [-0.05, 0) is 13.3 Å². The summed E-state index contributed by atoms with van der Waals surface area (Å²) >= 11 is 0. The number of nitrogens with one attached hydrogen (secondary N) is 2. The largest absolute Gasteiger partial charge is 0.481 e. The topological polar surface area (TPSA) is 122 Å². The molecule has 7 nitrogen and oxygen atoms in total. The molecule has 2 atom stereocenters. The van der Waals surface area contributed by atoms with Crippen molar-refractivity contribution < 1.29 is 19.5 Å². The van der Waals surface area contributed by atoms with Crippen molar-refractivity contribution in [3.8, 4) is 0 Å². The van der Waals surface area contributed by atoms with E-state index in [1.807, 2.05) is 6.92 Å². The minimum Gasteiger partial charge on any atom is -0.481 e. The van der Waals surface area contributed by atoms with E-state index in [4.69, 9.17) is 10.8 Å². The Morgan fingerprint density at radius 1 is 1.29 bits per heavy atom. The van der Waals surface area contributed by atoms with E-state index in [1.165, 1.54) is 6.92 Å². The van der Waals surface area contributed by atoms with E-state index in [1.54, 1.807) is 0 Å². The van der Waals surface area contributed by atoms with Crippen LogP contribution in [0.5, 0.6) is 0 Å². The molecule has 0 heterocycles. The molecule has 0 bridgehead atoms. The van der Waals surface area contributed by atoms with Crippen LogP contribution in [0, 0.1) is 0 Å². The summed E-state index contributed by atoms with van der Waals surface area (Å²) in [5, 5.41) is 13.4. The lowest BCUT2D eigenvalue weighted by atomic mass is 10.2. The molecule has 98 valence electrons. The number of nitrogens with two attached hydrogens (primary N) is 1. The van der Waals surface area contributed by atoms with Gasteiger partial charge in [0, 0.05) is 6.54 Å². The number of aliphatic carboxylic acids is 1. The van der Waals surface area contributed by atoms with Gasteiger partial charge in [0.2, 0.25) is 11.8 Å². The van der Waals surface area contributed by atoms with Crippen LogP contribution >= 0.6 is 0 Å². The average Bonchev–Trinajstić information content (AvgIpc) is 2.24. The summed E-state index contributed by atoms with van der Waals surface area (Å²) in [5.41, 5.74) is 5.34. The third-order valence-corrected chi connectivity index (χ3v) is 2.03. The molecule has 0 radical (unpaired) electrons. The van der Waals surface area contributed by atoms with Crippen LogP contribution in [0.4, 0.5) is 0 Å². The van der Waals surface area contributed by atoms with E-state index in [-0.39, 0.29) is 5.91 Å². The summed E-state index contributed by atoms with van der Waals surface area (Å²) < 4.78 is 0. The fourth-order valence-corrected chi connectivity index (χ4v) is 1.07. The van der Waals surface area contributed by atoms with Gasteiger partial charge in [0.15, 0.2) is 0 Å². The van der Waals surface area contributed by atoms with Crippen LogP contribution in [0.2, 0.25) is 0 Å².